The summed E-state index contributed by atoms with van der Waals surface area (Å²) in [7, 11) is 0. The molecule has 0 spiro atoms. The highest BCUT2D eigenvalue weighted by molar-refractivity contribution is 5.92. The Kier molecular flexibility index (Phi) is 4.01. The van der Waals surface area contributed by atoms with Crippen LogP contribution in [0.3, 0.4) is 0 Å². The van der Waals surface area contributed by atoms with Crippen LogP contribution in [0.4, 0.5) is 0 Å². The van der Waals surface area contributed by atoms with Gasteiger partial charge in [-0.25, -0.2) is 0 Å². The zero-order valence-electron chi connectivity index (χ0n) is 7.84. The molecule has 1 N–H and O–H groups in total. The fraction of sp³-hybridized carbons (Fsp3) is 0.700. The molecule has 0 aliphatic carbocycles. The maximum absolute atomic E-state index is 4.44. The molecule has 0 atom stereocenters. The van der Waals surface area contributed by atoms with E-state index < -0.39 is 0 Å². The van der Waals surface area contributed by atoms with Crippen molar-refractivity contribution in [1.82, 2.24) is 5.32 Å². The lowest BCUT2D eigenvalue weighted by Crippen LogP contribution is -2.29. The zero-order valence-corrected chi connectivity index (χ0v) is 7.84. The van der Waals surface area contributed by atoms with Crippen LogP contribution in [-0.4, -0.2) is 25.3 Å². The van der Waals surface area contributed by atoms with Gasteiger partial charge in [-0.2, -0.15) is 0 Å². The van der Waals surface area contributed by atoms with E-state index in [1.165, 1.54) is 12.8 Å². The van der Waals surface area contributed by atoms with E-state index in [9.17, 15) is 0 Å². The van der Waals surface area contributed by atoms with Gasteiger partial charge < -0.3 is 5.32 Å². The number of aliphatic imine (C=N–C) groups is 1. The molecule has 1 heterocycles. The summed E-state index contributed by atoms with van der Waals surface area (Å²) >= 11 is 0. The molecular formula is C10H18N2. The molecule has 1 aliphatic heterocycles. The van der Waals surface area contributed by atoms with Gasteiger partial charge in [-0.1, -0.05) is 6.58 Å². The lowest BCUT2D eigenvalue weighted by Gasteiger charge is -2.20. The van der Waals surface area contributed by atoms with E-state index in [1.807, 2.05) is 13.0 Å². The van der Waals surface area contributed by atoms with Crippen molar-refractivity contribution in [1.29, 1.82) is 0 Å². The molecule has 0 saturated carbocycles. The second-order valence-electron chi connectivity index (χ2n) is 3.38. The van der Waals surface area contributed by atoms with E-state index in [0.717, 1.165) is 31.3 Å². The van der Waals surface area contributed by atoms with Crippen molar-refractivity contribution in [2.24, 2.45) is 10.9 Å². The monoisotopic (exact) mass is 166 g/mol. The third kappa shape index (κ3) is 3.18. The summed E-state index contributed by atoms with van der Waals surface area (Å²) in [5.74, 6) is 0.793. The van der Waals surface area contributed by atoms with Crippen LogP contribution < -0.4 is 5.32 Å². The van der Waals surface area contributed by atoms with Gasteiger partial charge in [0.1, 0.15) is 0 Å². The van der Waals surface area contributed by atoms with Crippen LogP contribution in [0.5, 0.6) is 0 Å². The van der Waals surface area contributed by atoms with Gasteiger partial charge in [0, 0.05) is 12.3 Å². The van der Waals surface area contributed by atoms with Crippen LogP contribution in [0.2, 0.25) is 0 Å². The second-order valence-corrected chi connectivity index (χ2v) is 3.38. The van der Waals surface area contributed by atoms with Crippen molar-refractivity contribution in [2.45, 2.75) is 19.8 Å². The van der Waals surface area contributed by atoms with E-state index in [2.05, 4.69) is 16.9 Å². The first kappa shape index (κ1) is 9.46. The molecule has 12 heavy (non-hydrogen) atoms. The first-order chi connectivity index (χ1) is 5.83. The third-order valence-electron chi connectivity index (χ3n) is 2.35. The molecule has 2 heteroatoms. The highest BCUT2D eigenvalue weighted by Crippen LogP contribution is 2.11. The Morgan fingerprint density at radius 3 is 2.83 bits per heavy atom. The molecule has 1 rings (SSSR count). The minimum atomic E-state index is 0.793. The topological polar surface area (TPSA) is 24.4 Å². The number of piperidine rings is 1. The summed E-state index contributed by atoms with van der Waals surface area (Å²) in [6.07, 6.45) is 4.36. The van der Waals surface area contributed by atoms with Gasteiger partial charge in [-0.05, 0) is 44.8 Å². The maximum Gasteiger partial charge on any atom is 0.0421 e. The Morgan fingerprint density at radius 2 is 2.25 bits per heavy atom. The van der Waals surface area contributed by atoms with Crippen LogP contribution in [-0.2, 0) is 0 Å². The Hall–Kier alpha value is -0.630. The first-order valence-corrected chi connectivity index (χ1v) is 4.67. The van der Waals surface area contributed by atoms with Crippen LogP contribution in [0.25, 0.3) is 0 Å². The number of rotatable bonds is 3. The van der Waals surface area contributed by atoms with Crippen molar-refractivity contribution in [3.05, 3.63) is 12.7 Å². The summed E-state index contributed by atoms with van der Waals surface area (Å²) in [6.45, 7) is 8.99. The van der Waals surface area contributed by atoms with Gasteiger partial charge in [0.05, 0.1) is 0 Å². The lowest BCUT2D eigenvalue weighted by molar-refractivity contribution is 0.383. The predicted molar refractivity (Wildman–Crippen MR) is 53.8 cm³/mol. The average molecular weight is 166 g/mol. The summed E-state index contributed by atoms with van der Waals surface area (Å²) < 4.78 is 0. The summed E-state index contributed by atoms with van der Waals surface area (Å²) in [6, 6.07) is 0. The summed E-state index contributed by atoms with van der Waals surface area (Å²) in [4.78, 5) is 4.44. The fourth-order valence-corrected chi connectivity index (χ4v) is 1.40. The normalized spacial score (nSPS) is 20.9. The smallest absolute Gasteiger partial charge is 0.0421 e. The number of nitrogens with one attached hydrogen (secondary N) is 1. The van der Waals surface area contributed by atoms with Crippen molar-refractivity contribution >= 4 is 5.71 Å². The van der Waals surface area contributed by atoms with Gasteiger partial charge in [0.15, 0.2) is 0 Å². The quantitative estimate of drug-likeness (QED) is 0.633. The Morgan fingerprint density at radius 1 is 1.58 bits per heavy atom. The molecule has 1 fully saturated rings. The predicted octanol–water partition coefficient (Wildman–Crippen LogP) is 1.63. The molecule has 0 aromatic carbocycles. The molecule has 0 amide bonds. The highest BCUT2D eigenvalue weighted by atomic mass is 14.9. The van der Waals surface area contributed by atoms with Crippen molar-refractivity contribution in [2.75, 3.05) is 19.6 Å². The number of hydrogen-bond acceptors (Lipinski definition) is 2. The second kappa shape index (κ2) is 5.09. The minimum absolute atomic E-state index is 0.793. The van der Waals surface area contributed by atoms with E-state index in [0.29, 0.717) is 0 Å². The molecule has 68 valence electrons. The van der Waals surface area contributed by atoms with Gasteiger partial charge in [-0.3, -0.25) is 4.99 Å². The van der Waals surface area contributed by atoms with Crippen molar-refractivity contribution in [3.63, 3.8) is 0 Å². The third-order valence-corrected chi connectivity index (χ3v) is 2.35. The zero-order chi connectivity index (χ0) is 8.81. The van der Waals surface area contributed by atoms with Gasteiger partial charge in [0.25, 0.3) is 0 Å². The van der Waals surface area contributed by atoms with Crippen LogP contribution in [0.15, 0.2) is 17.6 Å². The van der Waals surface area contributed by atoms with Crippen LogP contribution in [0, 0.1) is 5.92 Å². The number of nitrogens with zero attached hydrogens (tertiary/aromatic N) is 1. The number of allylic oxidation sites excluding steroid dienone is 1. The summed E-state index contributed by atoms with van der Waals surface area (Å²) in [5, 5.41) is 3.35. The van der Waals surface area contributed by atoms with E-state index >= 15 is 0 Å². The molecule has 2 nitrogen and oxygen atoms in total. The molecule has 0 aromatic rings. The number of hydrogen-bond donors (Lipinski definition) is 1. The Bertz CT molecular complexity index is 167. The standard InChI is InChI=1S/C10H18N2/c1-3-9(2)12-8-10-4-6-11-7-5-10/h3,10-11H,1,4-8H2,2H3. The Labute approximate surface area is 74.8 Å². The lowest BCUT2D eigenvalue weighted by atomic mass is 9.98. The largest absolute Gasteiger partial charge is 0.317 e. The SMILES string of the molecule is C=CC(C)=NCC1CCNCC1. The highest BCUT2D eigenvalue weighted by Gasteiger charge is 2.11. The van der Waals surface area contributed by atoms with E-state index in [-0.39, 0.29) is 0 Å². The Balaban J connectivity index is 2.25. The van der Waals surface area contributed by atoms with Gasteiger partial charge >= 0.3 is 0 Å². The van der Waals surface area contributed by atoms with E-state index in [4.69, 9.17) is 0 Å². The molecule has 0 radical (unpaired) electrons. The molecule has 1 aliphatic rings. The summed E-state index contributed by atoms with van der Waals surface area (Å²) in [5.41, 5.74) is 1.06. The van der Waals surface area contributed by atoms with Gasteiger partial charge in [-0.15, -0.1) is 0 Å². The average Bonchev–Trinajstić information content (AvgIpc) is 2.16. The minimum Gasteiger partial charge on any atom is -0.317 e. The molecule has 0 bridgehead atoms. The molecule has 1 saturated heterocycles. The first-order valence-electron chi connectivity index (χ1n) is 4.67. The molecule has 0 unspecified atom stereocenters. The van der Waals surface area contributed by atoms with Crippen LogP contribution in [0.1, 0.15) is 19.8 Å². The maximum atomic E-state index is 4.44. The fourth-order valence-electron chi connectivity index (χ4n) is 1.40. The molecular weight excluding hydrogens is 148 g/mol. The van der Waals surface area contributed by atoms with E-state index in [1.54, 1.807) is 0 Å². The van der Waals surface area contributed by atoms with Gasteiger partial charge in [0.2, 0.25) is 0 Å². The van der Waals surface area contributed by atoms with Crippen molar-refractivity contribution in [3.8, 4) is 0 Å². The van der Waals surface area contributed by atoms with Crippen LogP contribution >= 0.6 is 0 Å². The van der Waals surface area contributed by atoms with Crippen molar-refractivity contribution < 1.29 is 0 Å². The molecule has 0 aromatic heterocycles.